The summed E-state index contributed by atoms with van der Waals surface area (Å²) < 4.78 is 5.22. The molecule has 1 heterocycles. The van der Waals surface area contributed by atoms with E-state index in [1.807, 2.05) is 49.4 Å². The standard InChI is InChI=1S/C16H16N2O2/c1-3-16(2)14(19)20-15(18-16)17-13-10-6-8-11-7-4-5-9-12(11)13/h4-10H,3H2,1-2H3,(H,17,18)/t16-/m1/s1. The van der Waals surface area contributed by atoms with Crippen molar-refractivity contribution in [1.29, 1.82) is 0 Å². The number of benzene rings is 2. The number of fused-ring (bicyclic) bond motifs is 1. The van der Waals surface area contributed by atoms with E-state index in [2.05, 4.69) is 10.3 Å². The Morgan fingerprint density at radius 2 is 1.95 bits per heavy atom. The van der Waals surface area contributed by atoms with Crippen LogP contribution in [0.2, 0.25) is 0 Å². The van der Waals surface area contributed by atoms with Crippen LogP contribution in [0.1, 0.15) is 20.3 Å². The van der Waals surface area contributed by atoms with Crippen LogP contribution in [0.4, 0.5) is 5.69 Å². The van der Waals surface area contributed by atoms with Crippen molar-refractivity contribution in [2.24, 2.45) is 4.99 Å². The first-order valence-corrected chi connectivity index (χ1v) is 6.69. The van der Waals surface area contributed by atoms with Gasteiger partial charge in [0.25, 0.3) is 6.02 Å². The zero-order valence-corrected chi connectivity index (χ0v) is 11.5. The molecule has 0 saturated carbocycles. The largest absolute Gasteiger partial charge is 0.391 e. The SMILES string of the molecule is CC[C@@]1(C)N=C(Nc2cccc3ccccc23)OC1=O. The summed E-state index contributed by atoms with van der Waals surface area (Å²) in [5, 5.41) is 5.30. The molecule has 1 aliphatic rings. The van der Waals surface area contributed by atoms with Crippen LogP contribution in [0.25, 0.3) is 10.8 Å². The van der Waals surface area contributed by atoms with Crippen molar-refractivity contribution in [3.8, 4) is 0 Å². The third kappa shape index (κ3) is 2.03. The van der Waals surface area contributed by atoms with E-state index >= 15 is 0 Å². The molecule has 0 aromatic heterocycles. The zero-order chi connectivity index (χ0) is 14.2. The number of hydrogen-bond donors (Lipinski definition) is 1. The van der Waals surface area contributed by atoms with E-state index in [0.29, 0.717) is 6.42 Å². The van der Waals surface area contributed by atoms with Crippen molar-refractivity contribution in [3.63, 3.8) is 0 Å². The number of aliphatic imine (C=N–C) groups is 1. The number of ether oxygens (including phenoxy) is 1. The second-order valence-corrected chi connectivity index (χ2v) is 5.09. The molecule has 0 unspecified atom stereocenters. The molecule has 3 rings (SSSR count). The molecule has 2 aromatic carbocycles. The number of nitrogens with one attached hydrogen (secondary N) is 1. The first kappa shape index (κ1) is 12.7. The number of cyclic esters (lactones) is 1. The predicted molar refractivity (Wildman–Crippen MR) is 79.8 cm³/mol. The smallest absolute Gasteiger partial charge is 0.341 e. The third-order valence-corrected chi connectivity index (χ3v) is 3.70. The van der Waals surface area contributed by atoms with Crippen molar-refractivity contribution < 1.29 is 9.53 Å². The topological polar surface area (TPSA) is 50.7 Å². The maximum Gasteiger partial charge on any atom is 0.341 e. The van der Waals surface area contributed by atoms with Crippen molar-refractivity contribution in [2.45, 2.75) is 25.8 Å². The number of carbonyl (C=O) groups excluding carboxylic acids is 1. The van der Waals surface area contributed by atoms with Gasteiger partial charge in [-0.2, -0.15) is 0 Å². The highest BCUT2D eigenvalue weighted by Crippen LogP contribution is 2.27. The van der Waals surface area contributed by atoms with Crippen LogP contribution in [-0.2, 0) is 9.53 Å². The summed E-state index contributed by atoms with van der Waals surface area (Å²) in [6, 6.07) is 14.3. The van der Waals surface area contributed by atoms with E-state index in [-0.39, 0.29) is 12.0 Å². The van der Waals surface area contributed by atoms with Gasteiger partial charge in [0.15, 0.2) is 5.54 Å². The molecule has 0 bridgehead atoms. The summed E-state index contributed by atoms with van der Waals surface area (Å²) in [7, 11) is 0. The fourth-order valence-electron chi connectivity index (χ4n) is 2.22. The molecule has 0 spiro atoms. The highest BCUT2D eigenvalue weighted by molar-refractivity contribution is 6.08. The quantitative estimate of drug-likeness (QED) is 0.850. The molecule has 0 fully saturated rings. The second-order valence-electron chi connectivity index (χ2n) is 5.09. The highest BCUT2D eigenvalue weighted by atomic mass is 16.6. The van der Waals surface area contributed by atoms with Gasteiger partial charge in [0.05, 0.1) is 5.69 Å². The van der Waals surface area contributed by atoms with Gasteiger partial charge in [-0.15, -0.1) is 0 Å². The Morgan fingerprint density at radius 1 is 1.20 bits per heavy atom. The molecule has 2 aromatic rings. The van der Waals surface area contributed by atoms with Gasteiger partial charge in [0.1, 0.15) is 0 Å². The van der Waals surface area contributed by atoms with Crippen molar-refractivity contribution in [1.82, 2.24) is 0 Å². The number of nitrogens with zero attached hydrogens (tertiary/aromatic N) is 1. The van der Waals surface area contributed by atoms with E-state index in [1.165, 1.54) is 0 Å². The van der Waals surface area contributed by atoms with E-state index in [0.717, 1.165) is 16.5 Å². The number of rotatable bonds is 2. The molecule has 102 valence electrons. The van der Waals surface area contributed by atoms with Crippen LogP contribution in [0.15, 0.2) is 47.5 Å². The van der Waals surface area contributed by atoms with Crippen molar-refractivity contribution in [2.75, 3.05) is 5.32 Å². The third-order valence-electron chi connectivity index (χ3n) is 3.70. The summed E-state index contributed by atoms with van der Waals surface area (Å²) in [5.74, 6) is -0.303. The monoisotopic (exact) mass is 268 g/mol. The van der Waals surface area contributed by atoms with E-state index < -0.39 is 5.54 Å². The molecule has 1 atom stereocenters. The summed E-state index contributed by atoms with van der Waals surface area (Å²) in [6.07, 6.45) is 0.618. The lowest BCUT2D eigenvalue weighted by Crippen LogP contribution is -2.28. The van der Waals surface area contributed by atoms with Gasteiger partial charge < -0.3 is 10.1 Å². The van der Waals surface area contributed by atoms with E-state index in [1.54, 1.807) is 6.92 Å². The van der Waals surface area contributed by atoms with Crippen LogP contribution in [-0.4, -0.2) is 17.5 Å². The Kier molecular flexibility index (Phi) is 2.93. The Bertz CT molecular complexity index is 703. The maximum atomic E-state index is 11.8. The minimum Gasteiger partial charge on any atom is -0.391 e. The van der Waals surface area contributed by atoms with Crippen LogP contribution in [0, 0.1) is 0 Å². The molecular weight excluding hydrogens is 252 g/mol. The highest BCUT2D eigenvalue weighted by Gasteiger charge is 2.40. The van der Waals surface area contributed by atoms with Crippen LogP contribution in [0.5, 0.6) is 0 Å². The van der Waals surface area contributed by atoms with Crippen LogP contribution >= 0.6 is 0 Å². The normalized spacial score (nSPS) is 21.7. The molecule has 0 amide bonds. The van der Waals surface area contributed by atoms with Crippen molar-refractivity contribution >= 4 is 28.5 Å². The molecule has 20 heavy (non-hydrogen) atoms. The van der Waals surface area contributed by atoms with E-state index in [9.17, 15) is 4.79 Å². The molecule has 4 nitrogen and oxygen atoms in total. The molecule has 0 radical (unpaired) electrons. The molecule has 0 saturated heterocycles. The van der Waals surface area contributed by atoms with E-state index in [4.69, 9.17) is 4.74 Å². The first-order valence-electron chi connectivity index (χ1n) is 6.69. The molecule has 0 aliphatic carbocycles. The zero-order valence-electron chi connectivity index (χ0n) is 11.5. The number of hydrogen-bond acceptors (Lipinski definition) is 4. The van der Waals surface area contributed by atoms with Gasteiger partial charge in [0.2, 0.25) is 0 Å². The molecular formula is C16H16N2O2. The second kappa shape index (κ2) is 4.63. The average Bonchev–Trinajstić information content (AvgIpc) is 2.75. The Balaban J connectivity index is 1.95. The van der Waals surface area contributed by atoms with Gasteiger partial charge in [-0.3, -0.25) is 0 Å². The minimum atomic E-state index is -0.771. The van der Waals surface area contributed by atoms with Gasteiger partial charge >= 0.3 is 5.97 Å². The Hall–Kier alpha value is -2.36. The molecule has 1 N–H and O–H groups in total. The minimum absolute atomic E-state index is 0.274. The van der Waals surface area contributed by atoms with Gasteiger partial charge in [-0.05, 0) is 24.8 Å². The number of anilines is 1. The van der Waals surface area contributed by atoms with Crippen LogP contribution in [0.3, 0.4) is 0 Å². The Morgan fingerprint density at radius 3 is 2.70 bits per heavy atom. The lowest BCUT2D eigenvalue weighted by atomic mass is 10.0. The number of carbonyl (C=O) groups is 1. The first-order chi connectivity index (χ1) is 9.62. The Labute approximate surface area is 117 Å². The van der Waals surface area contributed by atoms with Gasteiger partial charge in [-0.1, -0.05) is 43.3 Å². The molecule has 1 aliphatic heterocycles. The van der Waals surface area contributed by atoms with Crippen LogP contribution < -0.4 is 5.32 Å². The summed E-state index contributed by atoms with van der Waals surface area (Å²) in [6.45, 7) is 3.71. The fourth-order valence-corrected chi connectivity index (χ4v) is 2.22. The number of amidine groups is 1. The summed E-state index contributed by atoms with van der Waals surface area (Å²) in [4.78, 5) is 16.2. The van der Waals surface area contributed by atoms with Gasteiger partial charge in [-0.25, -0.2) is 9.79 Å². The molecule has 4 heteroatoms. The van der Waals surface area contributed by atoms with Gasteiger partial charge in [0, 0.05) is 5.39 Å². The fraction of sp³-hybridized carbons (Fsp3) is 0.250. The lowest BCUT2D eigenvalue weighted by Gasteiger charge is -2.10. The maximum absolute atomic E-state index is 11.8. The lowest BCUT2D eigenvalue weighted by molar-refractivity contribution is -0.138. The summed E-state index contributed by atoms with van der Waals surface area (Å²) >= 11 is 0. The average molecular weight is 268 g/mol. The number of esters is 1. The van der Waals surface area contributed by atoms with Crippen molar-refractivity contribution in [3.05, 3.63) is 42.5 Å². The summed E-state index contributed by atoms with van der Waals surface area (Å²) in [5.41, 5.74) is 0.113. The predicted octanol–water partition coefficient (Wildman–Crippen LogP) is 3.33.